The van der Waals surface area contributed by atoms with E-state index < -0.39 is 12.1 Å². The van der Waals surface area contributed by atoms with Crippen molar-refractivity contribution in [2.45, 2.75) is 19.1 Å². The lowest BCUT2D eigenvalue weighted by molar-refractivity contribution is -0.159. The van der Waals surface area contributed by atoms with Gasteiger partial charge in [-0.2, -0.15) is 18.2 Å². The van der Waals surface area contributed by atoms with Gasteiger partial charge in [0.1, 0.15) is 0 Å². The molecule has 3 rings (SSSR count). The van der Waals surface area contributed by atoms with Crippen LogP contribution in [0.5, 0.6) is 0 Å². The van der Waals surface area contributed by atoms with Gasteiger partial charge in [-0.1, -0.05) is 47.6 Å². The molecule has 1 amide bonds. The van der Waals surface area contributed by atoms with Gasteiger partial charge in [0.15, 0.2) is 0 Å². The van der Waals surface area contributed by atoms with E-state index in [1.165, 1.54) is 24.3 Å². The van der Waals surface area contributed by atoms with Crippen LogP contribution in [0.25, 0.3) is 11.4 Å². The molecule has 0 bridgehead atoms. The summed E-state index contributed by atoms with van der Waals surface area (Å²) in [5.74, 6) is -1.80. The van der Waals surface area contributed by atoms with Crippen molar-refractivity contribution in [1.29, 1.82) is 0 Å². The smallest absolute Gasteiger partial charge is 0.335 e. The number of hydrogen-bond donors (Lipinski definition) is 0. The van der Waals surface area contributed by atoms with Crippen molar-refractivity contribution in [3.8, 4) is 11.4 Å². The molecular weight excluding hydrogens is 359 g/mol. The van der Waals surface area contributed by atoms with Crippen molar-refractivity contribution in [3.05, 3.63) is 71.6 Å². The molecule has 1 aromatic heterocycles. The summed E-state index contributed by atoms with van der Waals surface area (Å²) in [5.41, 5.74) is 1.73. The average molecular weight is 375 g/mol. The second kappa shape index (κ2) is 7.22. The van der Waals surface area contributed by atoms with Gasteiger partial charge >= 0.3 is 12.1 Å². The van der Waals surface area contributed by atoms with E-state index >= 15 is 0 Å². The van der Waals surface area contributed by atoms with Crippen molar-refractivity contribution in [2.24, 2.45) is 0 Å². The van der Waals surface area contributed by atoms with Crippen molar-refractivity contribution >= 4 is 5.91 Å². The van der Waals surface area contributed by atoms with Crippen LogP contribution in [0.3, 0.4) is 0 Å². The van der Waals surface area contributed by atoms with Crippen LogP contribution < -0.4 is 0 Å². The van der Waals surface area contributed by atoms with Gasteiger partial charge in [-0.15, -0.1) is 0 Å². The van der Waals surface area contributed by atoms with Crippen LogP contribution in [0.2, 0.25) is 0 Å². The fourth-order valence-electron chi connectivity index (χ4n) is 2.55. The molecule has 140 valence electrons. The highest BCUT2D eigenvalue weighted by atomic mass is 19.4. The molecule has 0 saturated carbocycles. The maximum atomic E-state index is 12.7. The number of halogens is 3. The summed E-state index contributed by atoms with van der Waals surface area (Å²) in [6.45, 7) is 1.92. The number of nitrogens with zero attached hydrogens (tertiary/aromatic N) is 3. The Labute approximate surface area is 153 Å². The summed E-state index contributed by atoms with van der Waals surface area (Å²) >= 11 is 0. The second-order valence-corrected chi connectivity index (χ2v) is 6.00. The van der Waals surface area contributed by atoms with E-state index in [2.05, 4.69) is 14.7 Å². The van der Waals surface area contributed by atoms with Crippen LogP contribution in [-0.2, 0) is 6.18 Å². The topological polar surface area (TPSA) is 59.2 Å². The molecule has 0 N–H and O–H groups in total. The molecule has 0 saturated heterocycles. The minimum atomic E-state index is -4.70. The monoisotopic (exact) mass is 375 g/mol. The quantitative estimate of drug-likeness (QED) is 0.669. The van der Waals surface area contributed by atoms with Crippen LogP contribution >= 0.6 is 0 Å². The summed E-state index contributed by atoms with van der Waals surface area (Å²) in [4.78, 5) is 17.6. The Morgan fingerprint density at radius 1 is 1.07 bits per heavy atom. The Hall–Kier alpha value is -3.16. The Balaban J connectivity index is 1.76. The maximum absolute atomic E-state index is 12.7. The molecule has 0 aliphatic carbocycles. The van der Waals surface area contributed by atoms with Crippen molar-refractivity contribution < 1.29 is 22.5 Å². The predicted octanol–water partition coefficient (Wildman–Crippen LogP) is 4.59. The third kappa shape index (κ3) is 3.99. The zero-order chi connectivity index (χ0) is 19.6. The fourth-order valence-corrected chi connectivity index (χ4v) is 2.55. The van der Waals surface area contributed by atoms with Gasteiger partial charge in [-0.05, 0) is 24.6 Å². The van der Waals surface area contributed by atoms with Crippen LogP contribution in [0, 0.1) is 0 Å². The van der Waals surface area contributed by atoms with E-state index in [9.17, 15) is 18.0 Å². The molecule has 2 aromatic carbocycles. The minimum Gasteiger partial charge on any atom is -0.335 e. The van der Waals surface area contributed by atoms with E-state index in [-0.39, 0.29) is 17.8 Å². The Kier molecular flexibility index (Phi) is 4.98. The van der Waals surface area contributed by atoms with E-state index in [1.807, 2.05) is 37.3 Å². The zero-order valence-corrected chi connectivity index (χ0v) is 14.6. The lowest BCUT2D eigenvalue weighted by atomic mass is 10.1. The summed E-state index contributed by atoms with van der Waals surface area (Å²) in [5, 5.41) is 3.33. The first kappa shape index (κ1) is 18.6. The summed E-state index contributed by atoms with van der Waals surface area (Å²) in [6.07, 6.45) is -4.70. The molecule has 5 nitrogen and oxygen atoms in total. The van der Waals surface area contributed by atoms with Crippen molar-refractivity contribution in [2.75, 3.05) is 7.05 Å². The number of alkyl halides is 3. The summed E-state index contributed by atoms with van der Waals surface area (Å²) in [7, 11) is 1.70. The third-order valence-corrected chi connectivity index (χ3v) is 4.24. The summed E-state index contributed by atoms with van der Waals surface area (Å²) < 4.78 is 41.9. The highest BCUT2D eigenvalue weighted by molar-refractivity contribution is 5.94. The molecule has 8 heteroatoms. The first-order valence-electron chi connectivity index (χ1n) is 8.11. The number of benzene rings is 2. The van der Waals surface area contributed by atoms with Crippen LogP contribution in [-0.4, -0.2) is 28.0 Å². The van der Waals surface area contributed by atoms with E-state index in [0.29, 0.717) is 11.1 Å². The molecule has 3 aromatic rings. The van der Waals surface area contributed by atoms with E-state index in [4.69, 9.17) is 0 Å². The van der Waals surface area contributed by atoms with E-state index in [1.54, 1.807) is 11.9 Å². The molecule has 0 unspecified atom stereocenters. The number of amides is 1. The normalized spacial score (nSPS) is 12.6. The standard InChI is InChI=1S/C19H16F3N3O2/c1-12(13-6-4-3-5-7-13)25(2)17(26)15-10-8-14(9-11-15)16-23-18(27-24-16)19(20,21)22/h3-12H,1-2H3/t12-/m1/s1. The van der Waals surface area contributed by atoms with Gasteiger partial charge in [0, 0.05) is 18.2 Å². The van der Waals surface area contributed by atoms with Gasteiger partial charge in [-0.3, -0.25) is 4.79 Å². The number of aromatic nitrogens is 2. The number of rotatable bonds is 4. The van der Waals surface area contributed by atoms with Gasteiger partial charge in [0.25, 0.3) is 5.91 Å². The van der Waals surface area contributed by atoms with Crippen LogP contribution in [0.4, 0.5) is 13.2 Å². The molecular formula is C19H16F3N3O2. The maximum Gasteiger partial charge on any atom is 0.471 e. The third-order valence-electron chi connectivity index (χ3n) is 4.24. The van der Waals surface area contributed by atoms with Crippen molar-refractivity contribution in [1.82, 2.24) is 15.0 Å². The highest BCUT2D eigenvalue weighted by Gasteiger charge is 2.38. The Morgan fingerprint density at radius 3 is 2.26 bits per heavy atom. The van der Waals surface area contributed by atoms with Crippen molar-refractivity contribution in [3.63, 3.8) is 0 Å². The number of hydrogen-bond acceptors (Lipinski definition) is 4. The fraction of sp³-hybridized carbons (Fsp3) is 0.211. The van der Waals surface area contributed by atoms with Crippen LogP contribution in [0.1, 0.15) is 34.8 Å². The summed E-state index contributed by atoms with van der Waals surface area (Å²) in [6, 6.07) is 15.5. The molecule has 27 heavy (non-hydrogen) atoms. The van der Waals surface area contributed by atoms with E-state index in [0.717, 1.165) is 5.56 Å². The van der Waals surface area contributed by atoms with Crippen LogP contribution in [0.15, 0.2) is 59.1 Å². The average Bonchev–Trinajstić information content (AvgIpc) is 3.18. The predicted molar refractivity (Wildman–Crippen MR) is 91.7 cm³/mol. The van der Waals surface area contributed by atoms with Gasteiger partial charge < -0.3 is 9.42 Å². The molecule has 0 aliphatic heterocycles. The Morgan fingerprint density at radius 2 is 1.70 bits per heavy atom. The largest absolute Gasteiger partial charge is 0.471 e. The lowest BCUT2D eigenvalue weighted by Crippen LogP contribution is -2.29. The highest BCUT2D eigenvalue weighted by Crippen LogP contribution is 2.29. The molecule has 0 aliphatic rings. The molecule has 1 heterocycles. The number of carbonyl (C=O) groups excluding carboxylic acids is 1. The minimum absolute atomic E-state index is 0.134. The van der Waals surface area contributed by atoms with Gasteiger partial charge in [0.2, 0.25) is 5.82 Å². The van der Waals surface area contributed by atoms with Gasteiger partial charge in [-0.25, -0.2) is 0 Å². The first-order valence-corrected chi connectivity index (χ1v) is 8.11. The van der Waals surface area contributed by atoms with Gasteiger partial charge in [0.05, 0.1) is 6.04 Å². The molecule has 0 spiro atoms. The molecule has 0 radical (unpaired) electrons. The lowest BCUT2D eigenvalue weighted by Gasteiger charge is -2.25. The second-order valence-electron chi connectivity index (χ2n) is 6.00. The Bertz CT molecular complexity index is 921. The SMILES string of the molecule is C[C@H](c1ccccc1)N(C)C(=O)c1ccc(-c2noc(C(F)(F)F)n2)cc1. The molecule has 1 atom stereocenters. The zero-order valence-electron chi connectivity index (χ0n) is 14.6. The first-order chi connectivity index (χ1) is 12.8. The molecule has 0 fully saturated rings. The number of carbonyl (C=O) groups is 1.